The maximum atomic E-state index is 13.1. The van der Waals surface area contributed by atoms with Crippen molar-refractivity contribution in [2.45, 2.75) is 45.0 Å². The highest BCUT2D eigenvalue weighted by atomic mass is 16.5. The molecule has 0 fully saturated rings. The van der Waals surface area contributed by atoms with Crippen molar-refractivity contribution in [2.75, 3.05) is 0 Å². The fourth-order valence-corrected chi connectivity index (χ4v) is 3.42. The zero-order chi connectivity index (χ0) is 20.8. The Morgan fingerprint density at radius 1 is 1.10 bits per heavy atom. The summed E-state index contributed by atoms with van der Waals surface area (Å²) in [4.78, 5) is 38.3. The third kappa shape index (κ3) is 4.93. The maximum Gasteiger partial charge on any atom is 0.408 e. The van der Waals surface area contributed by atoms with E-state index in [0.717, 1.165) is 16.7 Å². The highest BCUT2D eigenvalue weighted by Crippen LogP contribution is 2.24. The number of carboxylic acids is 1. The first-order valence-electron chi connectivity index (χ1n) is 9.57. The first-order valence-corrected chi connectivity index (χ1v) is 9.57. The van der Waals surface area contributed by atoms with Crippen LogP contribution in [0.25, 0.3) is 0 Å². The van der Waals surface area contributed by atoms with Gasteiger partial charge in [0.05, 0.1) is 0 Å². The van der Waals surface area contributed by atoms with E-state index in [9.17, 15) is 19.5 Å². The van der Waals surface area contributed by atoms with Crippen molar-refractivity contribution in [3.63, 3.8) is 0 Å². The van der Waals surface area contributed by atoms with Gasteiger partial charge in [0, 0.05) is 13.0 Å². The van der Waals surface area contributed by atoms with Gasteiger partial charge in [0.15, 0.2) is 0 Å². The predicted molar refractivity (Wildman–Crippen MR) is 106 cm³/mol. The molecule has 152 valence electrons. The molecule has 0 radical (unpaired) electrons. The highest BCUT2D eigenvalue weighted by molar-refractivity contribution is 5.89. The number of hydrogen-bond donors (Lipinski definition) is 2. The lowest BCUT2D eigenvalue weighted by Gasteiger charge is -2.36. The Labute approximate surface area is 169 Å². The zero-order valence-electron chi connectivity index (χ0n) is 16.2. The third-order valence-corrected chi connectivity index (χ3v) is 5.03. The van der Waals surface area contributed by atoms with Crippen molar-refractivity contribution in [2.24, 2.45) is 0 Å². The number of benzene rings is 2. The van der Waals surface area contributed by atoms with Gasteiger partial charge in [0.1, 0.15) is 18.7 Å². The lowest BCUT2D eigenvalue weighted by Crippen LogP contribution is -2.55. The average Bonchev–Trinajstić information content (AvgIpc) is 2.75. The van der Waals surface area contributed by atoms with Gasteiger partial charge in [0.2, 0.25) is 5.91 Å². The molecule has 1 aliphatic heterocycles. The van der Waals surface area contributed by atoms with Crippen molar-refractivity contribution in [3.8, 4) is 0 Å². The Kier molecular flexibility index (Phi) is 6.49. The lowest BCUT2D eigenvalue weighted by molar-refractivity contribution is -0.152. The number of rotatable bonds is 6. The Bertz CT molecular complexity index is 884. The summed E-state index contributed by atoms with van der Waals surface area (Å²) in [5.41, 5.74) is 2.67. The van der Waals surface area contributed by atoms with Crippen LogP contribution >= 0.6 is 0 Å². The second-order valence-electron chi connectivity index (χ2n) is 6.96. The van der Waals surface area contributed by atoms with Crippen molar-refractivity contribution >= 4 is 18.0 Å². The number of carbonyl (C=O) groups excluding carboxylic acids is 2. The Hall–Kier alpha value is -3.35. The van der Waals surface area contributed by atoms with Crippen LogP contribution < -0.4 is 5.32 Å². The summed E-state index contributed by atoms with van der Waals surface area (Å²) in [5.74, 6) is -1.49. The summed E-state index contributed by atoms with van der Waals surface area (Å²) in [6, 6.07) is 14.9. The van der Waals surface area contributed by atoms with Crippen LogP contribution in [-0.4, -0.2) is 40.1 Å². The molecular weight excluding hydrogens is 372 g/mol. The van der Waals surface area contributed by atoms with Crippen molar-refractivity contribution in [1.29, 1.82) is 0 Å². The van der Waals surface area contributed by atoms with Crippen molar-refractivity contribution in [3.05, 3.63) is 71.3 Å². The summed E-state index contributed by atoms with van der Waals surface area (Å²) in [7, 11) is 0. The second kappa shape index (κ2) is 9.23. The van der Waals surface area contributed by atoms with Crippen molar-refractivity contribution < 1.29 is 24.2 Å². The van der Waals surface area contributed by atoms with E-state index in [1.54, 1.807) is 6.92 Å². The molecule has 0 spiro atoms. The van der Waals surface area contributed by atoms with E-state index in [4.69, 9.17) is 4.74 Å². The van der Waals surface area contributed by atoms with Crippen molar-refractivity contribution in [1.82, 2.24) is 10.2 Å². The lowest BCUT2D eigenvalue weighted by atomic mass is 9.93. The van der Waals surface area contributed by atoms with Gasteiger partial charge in [-0.2, -0.15) is 0 Å². The second-order valence-corrected chi connectivity index (χ2v) is 6.96. The fourth-order valence-electron chi connectivity index (χ4n) is 3.42. The number of carboxylic acid groups (broad SMARTS) is 1. The number of carbonyl (C=O) groups is 3. The van der Waals surface area contributed by atoms with Crippen LogP contribution in [0.4, 0.5) is 4.79 Å². The molecule has 0 bridgehead atoms. The molecule has 7 nitrogen and oxygen atoms in total. The summed E-state index contributed by atoms with van der Waals surface area (Å²) >= 11 is 0. The van der Waals surface area contributed by atoms with Gasteiger partial charge in [-0.25, -0.2) is 9.59 Å². The summed E-state index contributed by atoms with van der Waals surface area (Å²) < 4.78 is 5.19. The molecule has 0 aliphatic carbocycles. The van der Waals surface area contributed by atoms with Crippen LogP contribution in [0.15, 0.2) is 54.6 Å². The number of ether oxygens (including phenoxy) is 1. The highest BCUT2D eigenvalue weighted by Gasteiger charge is 2.37. The summed E-state index contributed by atoms with van der Waals surface area (Å²) in [5, 5.41) is 12.2. The number of aliphatic carboxylic acids is 1. The van der Waals surface area contributed by atoms with E-state index < -0.39 is 30.1 Å². The van der Waals surface area contributed by atoms with E-state index in [2.05, 4.69) is 5.32 Å². The molecule has 7 heteroatoms. The molecule has 0 saturated heterocycles. The van der Waals surface area contributed by atoms with E-state index in [0.29, 0.717) is 6.42 Å². The average molecular weight is 396 g/mol. The van der Waals surface area contributed by atoms with Crippen LogP contribution in [0, 0.1) is 0 Å². The van der Waals surface area contributed by atoms with Gasteiger partial charge >= 0.3 is 12.1 Å². The zero-order valence-corrected chi connectivity index (χ0v) is 16.2. The molecular formula is C22H24N2O5. The van der Waals surface area contributed by atoms with Crippen LogP contribution in [0.5, 0.6) is 0 Å². The Morgan fingerprint density at radius 3 is 2.41 bits per heavy atom. The number of fused-ring (bicyclic) bond motifs is 1. The van der Waals surface area contributed by atoms with E-state index in [1.807, 2.05) is 54.6 Å². The number of amides is 2. The Morgan fingerprint density at radius 2 is 1.76 bits per heavy atom. The van der Waals surface area contributed by atoms with Gasteiger partial charge < -0.3 is 20.1 Å². The van der Waals surface area contributed by atoms with Gasteiger partial charge in [-0.1, -0.05) is 61.5 Å². The summed E-state index contributed by atoms with van der Waals surface area (Å²) in [6.07, 6.45) is -0.145. The quantitative estimate of drug-likeness (QED) is 0.783. The van der Waals surface area contributed by atoms with Crippen LogP contribution in [-0.2, 0) is 33.9 Å². The molecule has 1 heterocycles. The smallest absolute Gasteiger partial charge is 0.408 e. The van der Waals surface area contributed by atoms with E-state index >= 15 is 0 Å². The molecule has 0 aromatic heterocycles. The topological polar surface area (TPSA) is 95.9 Å². The van der Waals surface area contributed by atoms with Gasteiger partial charge in [0.25, 0.3) is 0 Å². The van der Waals surface area contributed by atoms with Gasteiger partial charge in [-0.15, -0.1) is 0 Å². The van der Waals surface area contributed by atoms with Crippen LogP contribution in [0.1, 0.15) is 30.0 Å². The molecule has 0 saturated carbocycles. The molecule has 2 amide bonds. The minimum atomic E-state index is -1.06. The maximum absolute atomic E-state index is 13.1. The molecule has 2 aromatic rings. The van der Waals surface area contributed by atoms with Gasteiger partial charge in [-0.05, 0) is 23.1 Å². The van der Waals surface area contributed by atoms with E-state index in [-0.39, 0.29) is 19.6 Å². The first kappa shape index (κ1) is 20.4. The Balaban J connectivity index is 1.67. The standard InChI is InChI=1S/C22H24N2O5/c1-2-18(23-22(28)29-14-15-8-4-3-5-9-15)20(25)24-13-17-11-7-6-10-16(17)12-19(24)21(26)27/h3-11,18-19H,2,12-14H2,1H3,(H,23,28)(H,26,27)/t18-,19-/m0/s1. The number of nitrogens with one attached hydrogen (secondary N) is 1. The predicted octanol–water partition coefficient (Wildman–Crippen LogP) is 2.73. The van der Waals surface area contributed by atoms with E-state index in [1.165, 1.54) is 4.90 Å². The van der Waals surface area contributed by atoms with Crippen LogP contribution in [0.3, 0.4) is 0 Å². The molecule has 2 N–H and O–H groups in total. The first-order chi connectivity index (χ1) is 14.0. The number of nitrogens with zero attached hydrogens (tertiary/aromatic N) is 1. The largest absolute Gasteiger partial charge is 0.480 e. The summed E-state index contributed by atoms with van der Waals surface area (Å²) in [6.45, 7) is 2.04. The molecule has 29 heavy (non-hydrogen) atoms. The third-order valence-electron chi connectivity index (χ3n) is 5.03. The van der Waals surface area contributed by atoms with Crippen LogP contribution in [0.2, 0.25) is 0 Å². The van der Waals surface area contributed by atoms with Gasteiger partial charge in [-0.3, -0.25) is 4.79 Å². The fraction of sp³-hybridized carbons (Fsp3) is 0.318. The number of hydrogen-bond acceptors (Lipinski definition) is 4. The molecule has 0 unspecified atom stereocenters. The molecule has 1 aliphatic rings. The molecule has 3 rings (SSSR count). The SMILES string of the molecule is CC[C@H](NC(=O)OCc1ccccc1)C(=O)N1Cc2ccccc2C[C@H]1C(=O)O. The number of alkyl carbamates (subject to hydrolysis) is 1. The monoisotopic (exact) mass is 396 g/mol. The molecule has 2 atom stereocenters. The minimum absolute atomic E-state index is 0.0894. The normalized spacial score (nSPS) is 16.4. The molecule has 2 aromatic carbocycles. The minimum Gasteiger partial charge on any atom is -0.480 e.